The second-order valence-corrected chi connectivity index (χ2v) is 13.8. The zero-order chi connectivity index (χ0) is 36.8. The normalized spacial score (nSPS) is 10.9. The van der Waals surface area contributed by atoms with Gasteiger partial charge in [-0.05, 0) is 115 Å². The summed E-state index contributed by atoms with van der Waals surface area (Å²) in [6.45, 7) is 0. The molecular formula is C54H39N. The Morgan fingerprint density at radius 1 is 0.200 bits per heavy atom. The van der Waals surface area contributed by atoms with Gasteiger partial charge in [0.2, 0.25) is 0 Å². The third-order valence-corrected chi connectivity index (χ3v) is 10.3. The standard InChI is InChI=1S/C54H39N/c1-6-18-40(19-7-1)43-32-34-49(35-33-43)55(50-30-16-28-46(36-50)41-20-8-2-9-21-41)51-31-17-29-47(37-51)54-52(44-24-12-4-13-25-44)38-48(42-22-10-3-11-23-42)39-53(54)45-26-14-5-15-27-45/h1-39H. The fourth-order valence-electron chi connectivity index (χ4n) is 7.58. The van der Waals surface area contributed by atoms with Crippen molar-refractivity contribution in [2.45, 2.75) is 0 Å². The molecule has 0 radical (unpaired) electrons. The molecule has 0 aliphatic rings. The van der Waals surface area contributed by atoms with Gasteiger partial charge < -0.3 is 4.90 Å². The van der Waals surface area contributed by atoms with Crippen molar-refractivity contribution < 1.29 is 0 Å². The Balaban J connectivity index is 1.25. The van der Waals surface area contributed by atoms with E-state index in [1.54, 1.807) is 0 Å². The monoisotopic (exact) mass is 701 g/mol. The minimum Gasteiger partial charge on any atom is -0.310 e. The highest BCUT2D eigenvalue weighted by molar-refractivity contribution is 5.98. The van der Waals surface area contributed by atoms with E-state index in [4.69, 9.17) is 0 Å². The molecule has 0 saturated heterocycles. The predicted molar refractivity (Wildman–Crippen MR) is 234 cm³/mol. The zero-order valence-electron chi connectivity index (χ0n) is 30.5. The molecule has 9 aromatic rings. The van der Waals surface area contributed by atoms with Gasteiger partial charge in [0.05, 0.1) is 0 Å². The van der Waals surface area contributed by atoms with Gasteiger partial charge in [0.15, 0.2) is 0 Å². The van der Waals surface area contributed by atoms with Crippen LogP contribution in [-0.2, 0) is 0 Å². The molecule has 0 fully saturated rings. The van der Waals surface area contributed by atoms with Gasteiger partial charge >= 0.3 is 0 Å². The van der Waals surface area contributed by atoms with E-state index in [1.165, 1.54) is 61.2 Å². The van der Waals surface area contributed by atoms with Gasteiger partial charge in [0, 0.05) is 17.1 Å². The molecule has 9 rings (SSSR count). The Labute approximate surface area is 324 Å². The van der Waals surface area contributed by atoms with Crippen LogP contribution < -0.4 is 4.90 Å². The number of hydrogen-bond donors (Lipinski definition) is 0. The summed E-state index contributed by atoms with van der Waals surface area (Å²) in [7, 11) is 0. The van der Waals surface area contributed by atoms with Crippen molar-refractivity contribution in [1.82, 2.24) is 0 Å². The van der Waals surface area contributed by atoms with Crippen molar-refractivity contribution in [1.29, 1.82) is 0 Å². The van der Waals surface area contributed by atoms with Crippen LogP contribution in [0.25, 0.3) is 66.8 Å². The number of rotatable bonds is 9. The van der Waals surface area contributed by atoms with Crippen molar-refractivity contribution in [3.8, 4) is 66.8 Å². The molecule has 0 bridgehead atoms. The highest BCUT2D eigenvalue weighted by Crippen LogP contribution is 2.45. The van der Waals surface area contributed by atoms with Crippen molar-refractivity contribution >= 4 is 17.1 Å². The first-order valence-corrected chi connectivity index (χ1v) is 18.8. The predicted octanol–water partition coefficient (Wildman–Crippen LogP) is 15.2. The van der Waals surface area contributed by atoms with Crippen molar-refractivity contribution in [3.05, 3.63) is 237 Å². The van der Waals surface area contributed by atoms with Gasteiger partial charge in [-0.2, -0.15) is 0 Å². The molecule has 0 N–H and O–H groups in total. The average molecular weight is 702 g/mol. The average Bonchev–Trinajstić information content (AvgIpc) is 3.28. The largest absolute Gasteiger partial charge is 0.310 e. The van der Waals surface area contributed by atoms with Crippen LogP contribution in [-0.4, -0.2) is 0 Å². The lowest BCUT2D eigenvalue weighted by atomic mass is 9.84. The van der Waals surface area contributed by atoms with Gasteiger partial charge in [0.25, 0.3) is 0 Å². The van der Waals surface area contributed by atoms with Crippen LogP contribution >= 0.6 is 0 Å². The van der Waals surface area contributed by atoms with E-state index in [-0.39, 0.29) is 0 Å². The lowest BCUT2D eigenvalue weighted by Crippen LogP contribution is -2.10. The summed E-state index contributed by atoms with van der Waals surface area (Å²) in [6, 6.07) is 85.1. The van der Waals surface area contributed by atoms with Crippen molar-refractivity contribution in [3.63, 3.8) is 0 Å². The molecule has 0 unspecified atom stereocenters. The minimum atomic E-state index is 1.08. The molecule has 0 aliphatic carbocycles. The smallest absolute Gasteiger partial charge is 0.0467 e. The number of benzene rings is 9. The van der Waals surface area contributed by atoms with E-state index in [2.05, 4.69) is 241 Å². The van der Waals surface area contributed by atoms with E-state index in [0.717, 1.165) is 22.6 Å². The minimum absolute atomic E-state index is 1.08. The highest BCUT2D eigenvalue weighted by atomic mass is 15.1. The fourth-order valence-corrected chi connectivity index (χ4v) is 7.58. The molecule has 0 spiro atoms. The van der Waals surface area contributed by atoms with Crippen LogP contribution in [0.2, 0.25) is 0 Å². The SMILES string of the molecule is c1ccc(-c2ccc(N(c3cccc(-c4ccccc4)c3)c3cccc(-c4c(-c5ccccc5)cc(-c5ccccc5)cc4-c4ccccc4)c3)cc2)cc1. The molecule has 0 saturated carbocycles. The molecule has 9 aromatic carbocycles. The zero-order valence-corrected chi connectivity index (χ0v) is 30.5. The van der Waals surface area contributed by atoms with E-state index >= 15 is 0 Å². The van der Waals surface area contributed by atoms with E-state index in [9.17, 15) is 0 Å². The Morgan fingerprint density at radius 2 is 0.545 bits per heavy atom. The molecule has 260 valence electrons. The van der Waals surface area contributed by atoms with Crippen LogP contribution in [0, 0.1) is 0 Å². The first-order valence-electron chi connectivity index (χ1n) is 18.8. The van der Waals surface area contributed by atoms with Gasteiger partial charge in [-0.1, -0.05) is 188 Å². The van der Waals surface area contributed by atoms with Crippen LogP contribution in [0.4, 0.5) is 17.1 Å². The second-order valence-electron chi connectivity index (χ2n) is 13.8. The van der Waals surface area contributed by atoms with Gasteiger partial charge in [-0.15, -0.1) is 0 Å². The van der Waals surface area contributed by atoms with Crippen molar-refractivity contribution in [2.75, 3.05) is 4.90 Å². The van der Waals surface area contributed by atoms with Crippen LogP contribution in [0.1, 0.15) is 0 Å². The Morgan fingerprint density at radius 3 is 1.02 bits per heavy atom. The summed E-state index contributed by atoms with van der Waals surface area (Å²) in [5, 5.41) is 0. The first kappa shape index (κ1) is 33.6. The third kappa shape index (κ3) is 7.12. The molecule has 0 heterocycles. The second kappa shape index (κ2) is 15.4. The fraction of sp³-hybridized carbons (Fsp3) is 0. The molecule has 55 heavy (non-hydrogen) atoms. The number of anilines is 3. The summed E-state index contributed by atoms with van der Waals surface area (Å²) >= 11 is 0. The topological polar surface area (TPSA) is 3.24 Å². The van der Waals surface area contributed by atoms with Gasteiger partial charge in [-0.3, -0.25) is 0 Å². The molecule has 1 heteroatoms. The first-order chi connectivity index (χ1) is 27.3. The summed E-state index contributed by atoms with van der Waals surface area (Å²) in [5.74, 6) is 0. The van der Waals surface area contributed by atoms with Gasteiger partial charge in [0.1, 0.15) is 0 Å². The molecule has 0 aromatic heterocycles. The maximum absolute atomic E-state index is 2.38. The maximum atomic E-state index is 2.38. The lowest BCUT2D eigenvalue weighted by Gasteiger charge is -2.27. The Hall–Kier alpha value is -7.22. The van der Waals surface area contributed by atoms with Crippen LogP contribution in [0.3, 0.4) is 0 Å². The Bertz CT molecular complexity index is 2590. The molecular weight excluding hydrogens is 663 g/mol. The van der Waals surface area contributed by atoms with Crippen LogP contribution in [0.15, 0.2) is 237 Å². The molecule has 1 nitrogen and oxygen atoms in total. The quantitative estimate of drug-likeness (QED) is 0.145. The Kier molecular flexibility index (Phi) is 9.41. The lowest BCUT2D eigenvalue weighted by molar-refractivity contribution is 1.28. The van der Waals surface area contributed by atoms with E-state index in [1.807, 2.05) is 0 Å². The van der Waals surface area contributed by atoms with Gasteiger partial charge in [-0.25, -0.2) is 0 Å². The summed E-state index contributed by atoms with van der Waals surface area (Å²) in [5.41, 5.74) is 17.5. The molecule has 0 amide bonds. The van der Waals surface area contributed by atoms with E-state index < -0.39 is 0 Å². The molecule has 0 aliphatic heterocycles. The summed E-state index contributed by atoms with van der Waals surface area (Å²) in [4.78, 5) is 2.38. The van der Waals surface area contributed by atoms with E-state index in [0.29, 0.717) is 0 Å². The van der Waals surface area contributed by atoms with Crippen molar-refractivity contribution in [2.24, 2.45) is 0 Å². The number of nitrogens with zero attached hydrogens (tertiary/aromatic N) is 1. The third-order valence-electron chi connectivity index (χ3n) is 10.3. The molecule has 0 atom stereocenters. The highest BCUT2D eigenvalue weighted by Gasteiger charge is 2.20. The summed E-state index contributed by atoms with van der Waals surface area (Å²) < 4.78 is 0. The summed E-state index contributed by atoms with van der Waals surface area (Å²) in [6.07, 6.45) is 0. The van der Waals surface area contributed by atoms with Crippen LogP contribution in [0.5, 0.6) is 0 Å². The maximum Gasteiger partial charge on any atom is 0.0467 e. The number of hydrogen-bond acceptors (Lipinski definition) is 1.